The highest BCUT2D eigenvalue weighted by Crippen LogP contribution is 2.40. The number of rotatable bonds is 9. The van der Waals surface area contributed by atoms with Crippen molar-refractivity contribution < 1.29 is 14.3 Å². The van der Waals surface area contributed by atoms with Gasteiger partial charge < -0.3 is 15.2 Å². The van der Waals surface area contributed by atoms with Crippen LogP contribution in [0.25, 0.3) is 22.2 Å². The second kappa shape index (κ2) is 13.7. The molecule has 0 bridgehead atoms. The van der Waals surface area contributed by atoms with Crippen molar-refractivity contribution in [2.75, 3.05) is 45.1 Å². The van der Waals surface area contributed by atoms with E-state index in [9.17, 15) is 10.1 Å². The predicted octanol–water partition coefficient (Wildman–Crippen LogP) is 6.33. The Hall–Kier alpha value is -4.56. The highest BCUT2D eigenvalue weighted by molar-refractivity contribution is 6.02. The van der Waals surface area contributed by atoms with Crippen molar-refractivity contribution in [1.82, 2.24) is 24.6 Å². The number of Topliss-reactive ketones (excluding diaryl/α,β-unsaturated/α-hetero) is 1. The SMILES string of the molecule is Cc1cc(Oc2ccccc2)ccc1-c1nn([C@@H]2CCCC(C(=O)C(C#N)=CC(C)(C)N3CCN(C4COC4)CC3)C2)c2ccnc(N)c12. The van der Waals surface area contributed by atoms with Gasteiger partial charge in [-0.15, -0.1) is 0 Å². The molecular weight excluding hydrogens is 614 g/mol. The van der Waals surface area contributed by atoms with Crippen LogP contribution < -0.4 is 10.5 Å². The Morgan fingerprint density at radius 3 is 2.51 bits per heavy atom. The summed E-state index contributed by atoms with van der Waals surface area (Å²) in [6, 6.07) is 20.4. The van der Waals surface area contributed by atoms with Gasteiger partial charge >= 0.3 is 0 Å². The number of aryl methyl sites for hydroxylation is 1. The molecule has 49 heavy (non-hydrogen) atoms. The summed E-state index contributed by atoms with van der Waals surface area (Å²) < 4.78 is 13.5. The fourth-order valence-corrected chi connectivity index (χ4v) is 7.71. The Morgan fingerprint density at radius 1 is 1.04 bits per heavy atom. The molecule has 2 aromatic heterocycles. The Labute approximate surface area is 288 Å². The van der Waals surface area contributed by atoms with Gasteiger partial charge in [0.1, 0.15) is 29.1 Å². The van der Waals surface area contributed by atoms with Gasteiger partial charge in [-0.3, -0.25) is 19.3 Å². The van der Waals surface area contributed by atoms with E-state index in [0.29, 0.717) is 18.3 Å². The molecule has 7 rings (SSSR count). The number of hydrogen-bond acceptors (Lipinski definition) is 9. The number of nitrogens with two attached hydrogens (primary N) is 1. The second-order valence-electron chi connectivity index (χ2n) is 14.2. The quantitative estimate of drug-likeness (QED) is 0.162. The van der Waals surface area contributed by atoms with Crippen molar-refractivity contribution in [3.8, 4) is 28.8 Å². The van der Waals surface area contributed by atoms with Crippen LogP contribution in [0.2, 0.25) is 0 Å². The molecular formula is C39H45N7O3. The van der Waals surface area contributed by atoms with Gasteiger partial charge in [-0.2, -0.15) is 10.4 Å². The lowest BCUT2D eigenvalue weighted by atomic mass is 9.80. The van der Waals surface area contributed by atoms with Crippen molar-refractivity contribution in [3.63, 3.8) is 0 Å². The maximum absolute atomic E-state index is 14.0. The van der Waals surface area contributed by atoms with Crippen LogP contribution in [0.4, 0.5) is 5.82 Å². The molecule has 1 unspecified atom stereocenters. The van der Waals surface area contributed by atoms with E-state index in [1.807, 2.05) is 72.3 Å². The third-order valence-corrected chi connectivity index (χ3v) is 10.6. The standard InChI is InChI=1S/C39H45N7O3/c1-26-20-32(49-31-10-5-4-6-11-31)12-13-33(26)36-35-34(14-15-42-38(35)41)46(43-36)29-9-7-8-27(21-29)37(47)28(23-40)22-39(2,3)45-18-16-44(17-19-45)30-24-48-25-30/h4-6,10-15,20,22,27,29-30H,7-9,16-19,21,24-25H2,1-3H3,(H2,41,42)/t27?,29-/m1/s1. The van der Waals surface area contributed by atoms with Crippen molar-refractivity contribution in [3.05, 3.63) is 78.0 Å². The minimum absolute atomic E-state index is 0.0155. The van der Waals surface area contributed by atoms with Crippen molar-refractivity contribution in [1.29, 1.82) is 5.26 Å². The van der Waals surface area contributed by atoms with Crippen LogP contribution in [0, 0.1) is 24.2 Å². The normalized spacial score (nSPS) is 21.3. The van der Waals surface area contributed by atoms with Gasteiger partial charge in [0.05, 0.1) is 41.8 Å². The van der Waals surface area contributed by atoms with Crippen molar-refractivity contribution in [2.45, 2.75) is 64.1 Å². The summed E-state index contributed by atoms with van der Waals surface area (Å²) in [6.07, 6.45) is 6.75. The highest BCUT2D eigenvalue weighted by Gasteiger charge is 2.36. The van der Waals surface area contributed by atoms with Crippen LogP contribution in [0.1, 0.15) is 51.1 Å². The number of carbonyl (C=O) groups is 1. The maximum Gasteiger partial charge on any atom is 0.176 e. The Morgan fingerprint density at radius 2 is 1.82 bits per heavy atom. The summed E-state index contributed by atoms with van der Waals surface area (Å²) in [4.78, 5) is 23.3. The van der Waals surface area contributed by atoms with Crippen LogP contribution in [-0.4, -0.2) is 81.3 Å². The molecule has 1 aliphatic carbocycles. The number of aromatic nitrogens is 3. The van der Waals surface area contributed by atoms with E-state index in [1.165, 1.54) is 0 Å². The van der Waals surface area contributed by atoms with Crippen LogP contribution >= 0.6 is 0 Å². The molecule has 2 aliphatic heterocycles. The maximum atomic E-state index is 14.0. The zero-order chi connectivity index (χ0) is 34.1. The first-order valence-corrected chi connectivity index (χ1v) is 17.4. The van der Waals surface area contributed by atoms with E-state index in [-0.39, 0.29) is 23.3 Å². The highest BCUT2D eigenvalue weighted by atomic mass is 16.5. The van der Waals surface area contributed by atoms with Gasteiger partial charge in [-0.1, -0.05) is 24.6 Å². The molecule has 0 spiro atoms. The zero-order valence-corrected chi connectivity index (χ0v) is 28.6. The summed E-state index contributed by atoms with van der Waals surface area (Å²) in [5.41, 5.74) is 9.98. The van der Waals surface area contributed by atoms with E-state index >= 15 is 0 Å². The van der Waals surface area contributed by atoms with Gasteiger partial charge in [0.25, 0.3) is 0 Å². The number of hydrogen-bond donors (Lipinski definition) is 1. The van der Waals surface area contributed by atoms with E-state index in [1.54, 1.807) is 6.20 Å². The third-order valence-electron chi connectivity index (χ3n) is 10.6. The van der Waals surface area contributed by atoms with Gasteiger partial charge in [0.15, 0.2) is 5.78 Å². The summed E-state index contributed by atoms with van der Waals surface area (Å²) in [5.74, 6) is 1.62. The molecule has 2 atom stereocenters. The molecule has 2 aromatic carbocycles. The molecule has 10 heteroatoms. The predicted molar refractivity (Wildman–Crippen MR) is 190 cm³/mol. The first kappa shape index (κ1) is 33.0. The zero-order valence-electron chi connectivity index (χ0n) is 28.6. The fourth-order valence-electron chi connectivity index (χ4n) is 7.71. The number of nitriles is 1. The first-order valence-electron chi connectivity index (χ1n) is 17.4. The topological polar surface area (TPSA) is 123 Å². The summed E-state index contributed by atoms with van der Waals surface area (Å²) in [5, 5.41) is 16.2. The number of nitrogen functional groups attached to an aromatic ring is 1. The molecule has 10 nitrogen and oxygen atoms in total. The van der Waals surface area contributed by atoms with E-state index in [2.05, 4.69) is 34.7 Å². The number of anilines is 1. The summed E-state index contributed by atoms with van der Waals surface area (Å²) >= 11 is 0. The fraction of sp³-hybridized carbons (Fsp3) is 0.436. The number of fused-ring (bicyclic) bond motifs is 1. The lowest BCUT2D eigenvalue weighted by Gasteiger charge is -2.46. The number of pyridine rings is 1. The molecule has 3 fully saturated rings. The average Bonchev–Trinajstić information content (AvgIpc) is 3.48. The smallest absolute Gasteiger partial charge is 0.176 e. The first-order chi connectivity index (χ1) is 23.7. The van der Waals surface area contributed by atoms with Crippen molar-refractivity contribution >= 4 is 22.5 Å². The number of para-hydroxylation sites is 1. The number of ketones is 1. The largest absolute Gasteiger partial charge is 0.457 e. The molecule has 4 heterocycles. The van der Waals surface area contributed by atoms with E-state index in [0.717, 1.165) is 97.9 Å². The minimum atomic E-state index is -0.409. The lowest BCUT2D eigenvalue weighted by molar-refractivity contribution is -0.120. The van der Waals surface area contributed by atoms with Gasteiger partial charge in [-0.05, 0) is 88.1 Å². The average molecular weight is 660 g/mol. The summed E-state index contributed by atoms with van der Waals surface area (Å²) in [7, 11) is 0. The monoisotopic (exact) mass is 659 g/mol. The number of carbonyl (C=O) groups excluding carboxylic acids is 1. The molecule has 0 radical (unpaired) electrons. The molecule has 4 aromatic rings. The number of nitrogens with zero attached hydrogens (tertiary/aromatic N) is 6. The number of benzene rings is 2. The van der Waals surface area contributed by atoms with E-state index < -0.39 is 5.54 Å². The van der Waals surface area contributed by atoms with Crippen LogP contribution in [0.3, 0.4) is 0 Å². The number of ether oxygens (including phenoxy) is 2. The van der Waals surface area contributed by atoms with Crippen LogP contribution in [-0.2, 0) is 9.53 Å². The Bertz CT molecular complexity index is 1900. The van der Waals surface area contributed by atoms with Crippen LogP contribution in [0.15, 0.2) is 72.4 Å². The second-order valence-corrected chi connectivity index (χ2v) is 14.2. The summed E-state index contributed by atoms with van der Waals surface area (Å²) in [6.45, 7) is 11.6. The van der Waals surface area contributed by atoms with Gasteiger partial charge in [-0.25, -0.2) is 4.98 Å². The lowest BCUT2D eigenvalue weighted by Crippen LogP contribution is -2.59. The number of piperazine rings is 1. The minimum Gasteiger partial charge on any atom is -0.457 e. The van der Waals surface area contributed by atoms with Gasteiger partial charge in [0.2, 0.25) is 0 Å². The van der Waals surface area contributed by atoms with Gasteiger partial charge in [0, 0.05) is 49.4 Å². The molecule has 0 amide bonds. The molecule has 3 aliphatic rings. The molecule has 2 N–H and O–H groups in total. The van der Waals surface area contributed by atoms with E-state index in [4.69, 9.17) is 20.3 Å². The number of allylic oxidation sites excluding steroid dienone is 1. The van der Waals surface area contributed by atoms with Crippen LogP contribution in [0.5, 0.6) is 11.5 Å². The third kappa shape index (κ3) is 6.71. The molecule has 2 saturated heterocycles. The Balaban J connectivity index is 1.11. The van der Waals surface area contributed by atoms with Crippen molar-refractivity contribution in [2.24, 2.45) is 5.92 Å². The Kier molecular flexibility index (Phi) is 9.25. The molecule has 254 valence electrons. The molecule has 1 saturated carbocycles.